The molecule has 1 aliphatic rings. The maximum atomic E-state index is 13.1. The van der Waals surface area contributed by atoms with Gasteiger partial charge in [0.05, 0.1) is 6.54 Å². The standard InChI is InChI=1S/C31H38N4O7S/c1-5-13-35(14-6-2)23-10-9-20-15-22(8-7-21(20)16-23)25-12-11-24(34(25)4)19(3)27(17-32)43(40,41)33-18-26-28(36)29(37)30(38)31(39)42-26/h7-12,15-16,26,28-30,33,36-38H,5-6,13-14,18H2,1-4H3/b27-19+/t26-,28-,29+,30-/m1/s1. The van der Waals surface area contributed by atoms with Crippen molar-refractivity contribution < 1.29 is 33.3 Å². The minimum absolute atomic E-state index is 0.192. The van der Waals surface area contributed by atoms with Crippen LogP contribution >= 0.6 is 0 Å². The average molecular weight is 611 g/mol. The van der Waals surface area contributed by atoms with Crippen LogP contribution in [-0.2, 0) is 26.6 Å². The highest BCUT2D eigenvalue weighted by Gasteiger charge is 2.44. The Labute approximate surface area is 251 Å². The molecule has 43 heavy (non-hydrogen) atoms. The summed E-state index contributed by atoms with van der Waals surface area (Å²) in [6.45, 7) is 7.25. The van der Waals surface area contributed by atoms with E-state index in [4.69, 9.17) is 4.74 Å². The number of esters is 1. The molecule has 0 bridgehead atoms. The zero-order chi connectivity index (χ0) is 31.5. The lowest BCUT2D eigenvalue weighted by Crippen LogP contribution is -2.58. The van der Waals surface area contributed by atoms with Gasteiger partial charge in [-0.25, -0.2) is 17.9 Å². The number of allylic oxidation sites excluding steroid dienone is 2. The second kappa shape index (κ2) is 13.3. The summed E-state index contributed by atoms with van der Waals surface area (Å²) >= 11 is 0. The number of aromatic nitrogens is 1. The molecule has 1 aromatic heterocycles. The van der Waals surface area contributed by atoms with Crippen molar-refractivity contribution in [1.82, 2.24) is 9.29 Å². The second-order valence-corrected chi connectivity index (χ2v) is 12.4. The average Bonchev–Trinajstić information content (AvgIpc) is 3.37. The van der Waals surface area contributed by atoms with E-state index in [-0.39, 0.29) is 5.57 Å². The Balaban J connectivity index is 1.59. The van der Waals surface area contributed by atoms with Crippen LogP contribution in [0.15, 0.2) is 53.4 Å². The van der Waals surface area contributed by atoms with Crippen molar-refractivity contribution in [2.45, 2.75) is 58.0 Å². The molecule has 3 aromatic rings. The predicted molar refractivity (Wildman–Crippen MR) is 164 cm³/mol. The van der Waals surface area contributed by atoms with Crippen LogP contribution in [0.1, 0.15) is 39.3 Å². The lowest BCUT2D eigenvalue weighted by Gasteiger charge is -2.34. The maximum absolute atomic E-state index is 13.1. The zero-order valence-electron chi connectivity index (χ0n) is 24.7. The van der Waals surface area contributed by atoms with Crippen molar-refractivity contribution in [2.24, 2.45) is 7.05 Å². The van der Waals surface area contributed by atoms with Gasteiger partial charge in [0.15, 0.2) is 11.0 Å². The first-order valence-electron chi connectivity index (χ1n) is 14.2. The number of carbonyl (C=O) groups excluding carboxylic acids is 1. The zero-order valence-corrected chi connectivity index (χ0v) is 25.5. The van der Waals surface area contributed by atoms with Crippen LogP contribution in [0.2, 0.25) is 0 Å². The van der Waals surface area contributed by atoms with Gasteiger partial charge >= 0.3 is 5.97 Å². The second-order valence-electron chi connectivity index (χ2n) is 10.7. The van der Waals surface area contributed by atoms with Gasteiger partial charge in [-0.3, -0.25) is 0 Å². The minimum atomic E-state index is -4.41. The van der Waals surface area contributed by atoms with E-state index in [2.05, 4.69) is 53.8 Å². The number of aliphatic hydroxyl groups is 3. The van der Waals surface area contributed by atoms with Gasteiger partial charge < -0.3 is 29.5 Å². The van der Waals surface area contributed by atoms with Crippen molar-refractivity contribution in [3.63, 3.8) is 0 Å². The topological polar surface area (TPSA) is 165 Å². The normalized spacial score (nSPS) is 21.3. The molecule has 0 radical (unpaired) electrons. The van der Waals surface area contributed by atoms with Gasteiger partial charge in [0.25, 0.3) is 10.0 Å². The molecule has 2 aromatic carbocycles. The molecule has 0 saturated carbocycles. The number of carbonyl (C=O) groups is 1. The van der Waals surface area contributed by atoms with E-state index in [0.29, 0.717) is 5.69 Å². The first-order valence-corrected chi connectivity index (χ1v) is 15.7. The smallest absolute Gasteiger partial charge is 0.338 e. The monoisotopic (exact) mass is 610 g/mol. The number of anilines is 1. The van der Waals surface area contributed by atoms with Crippen molar-refractivity contribution in [1.29, 1.82) is 5.26 Å². The van der Waals surface area contributed by atoms with Crippen LogP contribution in [0.25, 0.3) is 27.6 Å². The van der Waals surface area contributed by atoms with E-state index < -0.39 is 51.9 Å². The summed E-state index contributed by atoms with van der Waals surface area (Å²) in [5, 5.41) is 41.5. The molecule has 4 atom stereocenters. The van der Waals surface area contributed by atoms with Gasteiger partial charge in [-0.2, -0.15) is 5.26 Å². The number of hydrogen-bond acceptors (Lipinski definition) is 9. The molecule has 230 valence electrons. The molecular weight excluding hydrogens is 572 g/mol. The van der Waals surface area contributed by atoms with Crippen LogP contribution in [0, 0.1) is 11.3 Å². The molecule has 4 N–H and O–H groups in total. The number of cyclic esters (lactones) is 1. The Morgan fingerprint density at radius 1 is 1.02 bits per heavy atom. The first-order chi connectivity index (χ1) is 20.4. The predicted octanol–water partition coefficient (Wildman–Crippen LogP) is 2.65. The third kappa shape index (κ3) is 6.61. The molecule has 4 rings (SSSR count). The van der Waals surface area contributed by atoms with Gasteiger partial charge in [-0.1, -0.05) is 32.0 Å². The number of benzene rings is 2. The number of ether oxygens (including phenoxy) is 1. The van der Waals surface area contributed by atoms with Crippen LogP contribution < -0.4 is 9.62 Å². The summed E-state index contributed by atoms with van der Waals surface area (Å²) in [5.41, 5.74) is 3.64. The molecule has 1 fully saturated rings. The number of nitriles is 1. The number of sulfonamides is 1. The van der Waals surface area contributed by atoms with Crippen LogP contribution in [0.5, 0.6) is 0 Å². The largest absolute Gasteiger partial charge is 0.456 e. The van der Waals surface area contributed by atoms with E-state index in [1.165, 1.54) is 12.6 Å². The number of hydrogen-bond donors (Lipinski definition) is 4. The number of fused-ring (bicyclic) bond motifs is 1. The fraction of sp³-hybridized carbons (Fsp3) is 0.419. The Hall–Kier alpha value is -3.73. The van der Waals surface area contributed by atoms with E-state index in [1.54, 1.807) is 19.2 Å². The first kappa shape index (κ1) is 32.2. The summed E-state index contributed by atoms with van der Waals surface area (Å²) in [5.74, 6) is -1.19. The maximum Gasteiger partial charge on any atom is 0.338 e. The van der Waals surface area contributed by atoms with Gasteiger partial charge in [0, 0.05) is 42.8 Å². The van der Waals surface area contributed by atoms with Gasteiger partial charge in [0.1, 0.15) is 24.4 Å². The Bertz CT molecular complexity index is 1670. The third-order valence-corrected chi connectivity index (χ3v) is 9.21. The summed E-state index contributed by atoms with van der Waals surface area (Å²) in [7, 11) is -2.62. The number of nitrogens with one attached hydrogen (secondary N) is 1. The Morgan fingerprint density at radius 2 is 1.67 bits per heavy atom. The molecule has 1 saturated heterocycles. The molecule has 12 heteroatoms. The highest BCUT2D eigenvalue weighted by atomic mass is 32.2. The fourth-order valence-electron chi connectivity index (χ4n) is 5.40. The SMILES string of the molecule is CCCN(CCC)c1ccc2cc(-c3ccc(/C(C)=C(\C#N)S(=O)(=O)NC[C@H]4OC(=O)[C@H](O)[C@@H](O)[C@@H]4O)n3C)ccc2c1. The number of rotatable bonds is 11. The summed E-state index contributed by atoms with van der Waals surface area (Å²) in [4.78, 5) is 13.5. The van der Waals surface area contributed by atoms with E-state index in [9.17, 15) is 33.8 Å². The van der Waals surface area contributed by atoms with Crippen LogP contribution in [0.3, 0.4) is 0 Å². The summed E-state index contributed by atoms with van der Waals surface area (Å²) < 4.78 is 35.0. The van der Waals surface area contributed by atoms with Crippen molar-refractivity contribution >= 4 is 38.0 Å². The van der Waals surface area contributed by atoms with Crippen molar-refractivity contribution in [2.75, 3.05) is 24.5 Å². The fourth-order valence-corrected chi connectivity index (χ4v) is 6.56. The summed E-state index contributed by atoms with van der Waals surface area (Å²) in [6, 6.07) is 17.9. The lowest BCUT2D eigenvalue weighted by molar-refractivity contribution is -0.201. The minimum Gasteiger partial charge on any atom is -0.456 e. The molecule has 0 spiro atoms. The van der Waals surface area contributed by atoms with Gasteiger partial charge in [-0.05, 0) is 66.4 Å². The molecule has 0 amide bonds. The highest BCUT2D eigenvalue weighted by molar-refractivity contribution is 7.93. The van der Waals surface area contributed by atoms with E-state index >= 15 is 0 Å². The number of nitrogens with zero attached hydrogens (tertiary/aromatic N) is 3. The molecule has 1 aliphatic heterocycles. The molecule has 2 heterocycles. The summed E-state index contributed by atoms with van der Waals surface area (Å²) in [6.07, 6.45) is -4.80. The van der Waals surface area contributed by atoms with Gasteiger partial charge in [-0.15, -0.1) is 0 Å². The van der Waals surface area contributed by atoms with Crippen LogP contribution in [0.4, 0.5) is 5.69 Å². The highest BCUT2D eigenvalue weighted by Crippen LogP contribution is 2.31. The third-order valence-electron chi connectivity index (χ3n) is 7.73. The quantitative estimate of drug-likeness (QED) is 0.189. The Morgan fingerprint density at radius 3 is 2.33 bits per heavy atom. The molecule has 0 aliphatic carbocycles. The lowest BCUT2D eigenvalue weighted by atomic mass is 10.00. The van der Waals surface area contributed by atoms with E-state index in [1.807, 2.05) is 16.7 Å². The van der Waals surface area contributed by atoms with Gasteiger partial charge in [0.2, 0.25) is 0 Å². The van der Waals surface area contributed by atoms with Crippen LogP contribution in [-0.4, -0.2) is 78.3 Å². The van der Waals surface area contributed by atoms with Crippen molar-refractivity contribution in [3.05, 3.63) is 59.1 Å². The number of aliphatic hydroxyl groups excluding tert-OH is 3. The van der Waals surface area contributed by atoms with E-state index in [0.717, 1.165) is 48.0 Å². The molecule has 11 nitrogen and oxygen atoms in total. The van der Waals surface area contributed by atoms with Crippen molar-refractivity contribution in [3.8, 4) is 17.3 Å². The Kier molecular flexibility index (Phi) is 9.94. The molecule has 0 unspecified atom stereocenters. The molecular formula is C31H38N4O7S.